The number of carboxylic acid groups (broad SMARTS) is 3. The number of hydrogen-bond acceptors (Lipinski definition) is 8. The molecule has 282 valence electrons. The lowest BCUT2D eigenvalue weighted by Gasteiger charge is -2.18. The topological polar surface area (TPSA) is 238 Å². The van der Waals surface area contributed by atoms with Gasteiger partial charge >= 0.3 is 17.9 Å². The fourth-order valence-electron chi connectivity index (χ4n) is 5.02. The summed E-state index contributed by atoms with van der Waals surface area (Å²) in [5.41, 5.74) is 0. The Kier molecular flexibility index (Phi) is 27.0. The normalized spacial score (nSPS) is 12.7. The van der Waals surface area contributed by atoms with Crippen LogP contribution in [0.15, 0.2) is 0 Å². The lowest BCUT2D eigenvalue weighted by Crippen LogP contribution is -2.45. The van der Waals surface area contributed by atoms with Gasteiger partial charge in [0.15, 0.2) is 0 Å². The van der Waals surface area contributed by atoms with Gasteiger partial charge in [-0.05, 0) is 32.6 Å². The van der Waals surface area contributed by atoms with Gasteiger partial charge in [0.25, 0.3) is 0 Å². The first-order valence-corrected chi connectivity index (χ1v) is 17.8. The largest absolute Gasteiger partial charge is 0.480 e. The molecule has 0 saturated carbocycles. The van der Waals surface area contributed by atoms with Crippen molar-refractivity contribution in [1.82, 2.24) is 21.3 Å². The summed E-state index contributed by atoms with van der Waals surface area (Å²) in [6, 6.07) is -4.21. The fraction of sp³-hybridized carbons (Fsp3) is 0.794. The van der Waals surface area contributed by atoms with Crippen molar-refractivity contribution in [2.24, 2.45) is 0 Å². The van der Waals surface area contributed by atoms with Crippen molar-refractivity contribution in [3.05, 3.63) is 0 Å². The van der Waals surface area contributed by atoms with E-state index in [1.165, 1.54) is 51.4 Å². The maximum atomic E-state index is 12.4. The predicted molar refractivity (Wildman–Crippen MR) is 182 cm³/mol. The zero-order valence-corrected chi connectivity index (χ0v) is 29.4. The van der Waals surface area contributed by atoms with Gasteiger partial charge in [-0.15, -0.1) is 0 Å². The molecule has 0 aromatic heterocycles. The second kappa shape index (κ2) is 29.2. The van der Waals surface area contributed by atoms with Crippen LogP contribution < -0.4 is 21.3 Å². The van der Waals surface area contributed by atoms with Gasteiger partial charge in [-0.3, -0.25) is 19.2 Å². The maximum absolute atomic E-state index is 12.4. The third kappa shape index (κ3) is 25.9. The van der Waals surface area contributed by atoms with E-state index in [4.69, 9.17) is 4.74 Å². The highest BCUT2D eigenvalue weighted by Crippen LogP contribution is 2.13. The van der Waals surface area contributed by atoms with E-state index in [1.807, 2.05) is 0 Å². The smallest absolute Gasteiger partial charge is 0.326 e. The van der Waals surface area contributed by atoms with Crippen LogP contribution in [0.2, 0.25) is 0 Å². The molecule has 0 aromatic carbocycles. The molecule has 15 heteroatoms. The van der Waals surface area contributed by atoms with Crippen LogP contribution in [0.4, 0.5) is 0 Å². The zero-order valence-electron chi connectivity index (χ0n) is 29.4. The standard InChI is InChI=1S/C34H60N4O11/c1-3-5-6-7-8-9-10-11-12-13-14-15-16-29(40)36-26(33(45)46)18-21-31(42)38-27(34(47)48)19-22-30(41)37-25(32(43)44)17-20-28(39)35-23-24-49-4-2/h25-27H,3-24H2,1-2H3,(H,35,39)(H,36,40)(H,37,41)(H,38,42)(H,43,44)(H,45,46)(H,47,48). The lowest BCUT2D eigenvalue weighted by atomic mass is 10.0. The molecule has 0 heterocycles. The average molecular weight is 701 g/mol. The molecular formula is C34H60N4O11. The number of rotatable bonds is 32. The van der Waals surface area contributed by atoms with Crippen LogP contribution in [0.5, 0.6) is 0 Å². The third-order valence-corrected chi connectivity index (χ3v) is 7.91. The van der Waals surface area contributed by atoms with Gasteiger partial charge in [-0.25, -0.2) is 14.4 Å². The van der Waals surface area contributed by atoms with Gasteiger partial charge in [0, 0.05) is 38.8 Å². The number of nitrogens with one attached hydrogen (secondary N) is 4. The average Bonchev–Trinajstić information content (AvgIpc) is 3.05. The Balaban J connectivity index is 4.47. The van der Waals surface area contributed by atoms with Gasteiger partial charge < -0.3 is 41.3 Å². The molecule has 15 nitrogen and oxygen atoms in total. The van der Waals surface area contributed by atoms with E-state index in [2.05, 4.69) is 28.2 Å². The van der Waals surface area contributed by atoms with Crippen molar-refractivity contribution in [1.29, 1.82) is 0 Å². The Morgan fingerprint density at radius 2 is 0.837 bits per heavy atom. The number of hydrogen-bond donors (Lipinski definition) is 7. The monoisotopic (exact) mass is 700 g/mol. The van der Waals surface area contributed by atoms with Crippen molar-refractivity contribution < 1.29 is 53.6 Å². The molecule has 0 fully saturated rings. The Morgan fingerprint density at radius 3 is 1.20 bits per heavy atom. The molecule has 0 aliphatic rings. The Morgan fingerprint density at radius 1 is 0.490 bits per heavy atom. The summed E-state index contributed by atoms with van der Waals surface area (Å²) in [7, 11) is 0. The maximum Gasteiger partial charge on any atom is 0.326 e. The molecule has 0 aliphatic carbocycles. The lowest BCUT2D eigenvalue weighted by molar-refractivity contribution is -0.144. The van der Waals surface area contributed by atoms with Crippen LogP contribution in [0.25, 0.3) is 0 Å². The quantitative estimate of drug-likeness (QED) is 0.0503. The van der Waals surface area contributed by atoms with Crippen molar-refractivity contribution in [3.8, 4) is 0 Å². The summed E-state index contributed by atoms with van der Waals surface area (Å²) in [4.78, 5) is 83.9. The highest BCUT2D eigenvalue weighted by molar-refractivity contribution is 5.87. The van der Waals surface area contributed by atoms with Gasteiger partial charge in [0.2, 0.25) is 23.6 Å². The van der Waals surface area contributed by atoms with E-state index < -0.39 is 66.1 Å². The molecule has 0 saturated heterocycles. The van der Waals surface area contributed by atoms with Gasteiger partial charge in [-0.2, -0.15) is 0 Å². The highest BCUT2D eigenvalue weighted by atomic mass is 16.5. The number of unbranched alkanes of at least 4 members (excludes halogenated alkanes) is 11. The molecule has 49 heavy (non-hydrogen) atoms. The molecule has 7 N–H and O–H groups in total. The van der Waals surface area contributed by atoms with Gasteiger partial charge in [0.05, 0.1) is 6.61 Å². The van der Waals surface area contributed by atoms with E-state index in [0.29, 0.717) is 19.6 Å². The summed E-state index contributed by atoms with van der Waals surface area (Å²) < 4.78 is 5.10. The first-order valence-electron chi connectivity index (χ1n) is 17.8. The number of carbonyl (C=O) groups excluding carboxylic acids is 4. The summed E-state index contributed by atoms with van der Waals surface area (Å²) in [5, 5.41) is 37.9. The summed E-state index contributed by atoms with van der Waals surface area (Å²) >= 11 is 0. The minimum Gasteiger partial charge on any atom is -0.480 e. The SMILES string of the molecule is CCCCCCCCCCCCCCC(=O)NC(CCC(=O)NC(CCC(=O)NC(CCC(=O)NCCOCC)C(=O)O)C(=O)O)C(=O)O. The van der Waals surface area contributed by atoms with E-state index >= 15 is 0 Å². The number of ether oxygens (including phenoxy) is 1. The van der Waals surface area contributed by atoms with Crippen molar-refractivity contribution in [2.45, 2.75) is 154 Å². The first kappa shape index (κ1) is 45.2. The number of aliphatic carboxylic acids is 3. The summed E-state index contributed by atoms with van der Waals surface area (Å²) in [6.45, 7) is 5.05. The predicted octanol–water partition coefficient (Wildman–Crippen LogP) is 3.28. The molecule has 4 amide bonds. The van der Waals surface area contributed by atoms with E-state index in [9.17, 15) is 48.9 Å². The summed E-state index contributed by atoms with van der Waals surface area (Å²) in [5.74, 6) is -6.55. The minimum atomic E-state index is -1.50. The summed E-state index contributed by atoms with van der Waals surface area (Å²) in [6.07, 6.45) is 12.0. The molecule has 0 aromatic rings. The molecule has 0 rings (SSSR count). The van der Waals surface area contributed by atoms with Crippen molar-refractivity contribution in [3.63, 3.8) is 0 Å². The van der Waals surface area contributed by atoms with Crippen LogP contribution in [0.3, 0.4) is 0 Å². The second-order valence-electron chi connectivity index (χ2n) is 12.2. The Labute approximate surface area is 290 Å². The van der Waals surface area contributed by atoms with E-state index in [-0.39, 0.29) is 45.1 Å². The van der Waals surface area contributed by atoms with Crippen LogP contribution in [-0.2, 0) is 38.3 Å². The van der Waals surface area contributed by atoms with Crippen LogP contribution in [0.1, 0.15) is 136 Å². The molecule has 0 bridgehead atoms. The zero-order chi connectivity index (χ0) is 36.9. The second-order valence-corrected chi connectivity index (χ2v) is 12.2. The van der Waals surface area contributed by atoms with Crippen LogP contribution >= 0.6 is 0 Å². The van der Waals surface area contributed by atoms with Crippen molar-refractivity contribution in [2.75, 3.05) is 19.8 Å². The number of amides is 4. The van der Waals surface area contributed by atoms with Gasteiger partial charge in [0.1, 0.15) is 18.1 Å². The van der Waals surface area contributed by atoms with Crippen LogP contribution in [0, 0.1) is 0 Å². The minimum absolute atomic E-state index is 0.168. The van der Waals surface area contributed by atoms with Gasteiger partial charge in [-0.1, -0.05) is 77.6 Å². The number of carbonyl (C=O) groups is 7. The number of carboxylic acids is 3. The fourth-order valence-corrected chi connectivity index (χ4v) is 5.02. The van der Waals surface area contributed by atoms with E-state index in [1.54, 1.807) is 6.92 Å². The molecule has 0 radical (unpaired) electrons. The first-order chi connectivity index (χ1) is 23.4. The van der Waals surface area contributed by atoms with Crippen LogP contribution in [-0.4, -0.2) is 94.7 Å². The molecular weight excluding hydrogens is 640 g/mol. The van der Waals surface area contributed by atoms with Crippen molar-refractivity contribution >= 4 is 41.5 Å². The third-order valence-electron chi connectivity index (χ3n) is 7.91. The Bertz CT molecular complexity index is 1010. The molecule has 3 unspecified atom stereocenters. The van der Waals surface area contributed by atoms with E-state index in [0.717, 1.165) is 19.3 Å². The highest BCUT2D eigenvalue weighted by Gasteiger charge is 2.26. The Hall–Kier alpha value is -3.75. The molecule has 3 atom stereocenters. The molecule has 0 spiro atoms. The molecule has 0 aliphatic heterocycles.